The van der Waals surface area contributed by atoms with Crippen molar-refractivity contribution in [1.82, 2.24) is 0 Å². The molecule has 2 N–H and O–H groups in total. The zero-order valence-corrected chi connectivity index (χ0v) is 10.4. The number of hydrogen-bond donors (Lipinski definition) is 2. The minimum Gasteiger partial charge on any atom is -0.508 e. The van der Waals surface area contributed by atoms with Gasteiger partial charge in [0.25, 0.3) is 0 Å². The highest BCUT2D eigenvalue weighted by atomic mass is 16.5. The second kappa shape index (κ2) is 3.44. The Labute approximate surface area is 111 Å². The normalized spacial score (nSPS) is 18.1. The highest BCUT2D eigenvalue weighted by Crippen LogP contribution is 2.54. The topological polar surface area (TPSA) is 49.7 Å². The summed E-state index contributed by atoms with van der Waals surface area (Å²) in [7, 11) is 0. The summed E-state index contributed by atoms with van der Waals surface area (Å²) in [6, 6.07) is 10.6. The molecule has 4 rings (SSSR count). The number of hydrogen-bond acceptors (Lipinski definition) is 3. The van der Waals surface area contributed by atoms with Gasteiger partial charge in [0.2, 0.25) is 0 Å². The third-order valence-electron chi connectivity index (χ3n) is 4.22. The molecule has 0 amide bonds. The van der Waals surface area contributed by atoms with Gasteiger partial charge in [0.15, 0.2) is 0 Å². The maximum atomic E-state index is 9.74. The van der Waals surface area contributed by atoms with Crippen molar-refractivity contribution in [3.63, 3.8) is 0 Å². The average molecular weight is 254 g/mol. The molecule has 0 unspecified atom stereocenters. The van der Waals surface area contributed by atoms with Crippen LogP contribution in [0.5, 0.6) is 17.2 Å². The molecule has 1 spiro atoms. The minimum absolute atomic E-state index is 0.218. The molecule has 1 fully saturated rings. The third kappa shape index (κ3) is 1.38. The van der Waals surface area contributed by atoms with Crippen LogP contribution in [0.4, 0.5) is 0 Å². The van der Waals surface area contributed by atoms with E-state index in [-0.39, 0.29) is 17.1 Å². The fraction of sp³-hybridized carbons (Fsp3) is 0.250. The summed E-state index contributed by atoms with van der Waals surface area (Å²) in [4.78, 5) is 0. The van der Waals surface area contributed by atoms with Crippen LogP contribution in [0.15, 0.2) is 36.4 Å². The maximum Gasteiger partial charge on any atom is 0.135 e. The molecule has 0 radical (unpaired) electrons. The van der Waals surface area contributed by atoms with Crippen molar-refractivity contribution in [2.24, 2.45) is 0 Å². The first kappa shape index (κ1) is 10.7. The van der Waals surface area contributed by atoms with E-state index in [1.165, 1.54) is 0 Å². The van der Waals surface area contributed by atoms with Gasteiger partial charge in [-0.05, 0) is 49.1 Å². The van der Waals surface area contributed by atoms with E-state index in [1.54, 1.807) is 18.2 Å². The van der Waals surface area contributed by atoms with Crippen molar-refractivity contribution < 1.29 is 14.9 Å². The van der Waals surface area contributed by atoms with Gasteiger partial charge in [-0.1, -0.05) is 6.07 Å². The zero-order valence-electron chi connectivity index (χ0n) is 10.4. The molecule has 2 aliphatic rings. The molecule has 3 nitrogen and oxygen atoms in total. The predicted octanol–water partition coefficient (Wildman–Crippen LogP) is 3.54. The lowest BCUT2D eigenvalue weighted by molar-refractivity contribution is -0.0146. The van der Waals surface area contributed by atoms with E-state index < -0.39 is 0 Å². The highest BCUT2D eigenvalue weighted by Gasteiger charge is 2.46. The molecule has 0 bridgehead atoms. The molecule has 1 saturated carbocycles. The monoisotopic (exact) mass is 254 g/mol. The number of fused-ring (bicyclic) bond motifs is 4. The van der Waals surface area contributed by atoms with E-state index in [9.17, 15) is 10.2 Å². The van der Waals surface area contributed by atoms with Crippen LogP contribution in [0.25, 0.3) is 11.1 Å². The SMILES string of the molecule is Oc1ccc2c(c1)OC1(CCC1)c1cc(O)ccc1-2. The molecular weight excluding hydrogens is 240 g/mol. The van der Waals surface area contributed by atoms with Crippen LogP contribution in [0.1, 0.15) is 24.8 Å². The van der Waals surface area contributed by atoms with Crippen LogP contribution in [0, 0.1) is 0 Å². The first-order valence-electron chi connectivity index (χ1n) is 6.54. The molecule has 2 aromatic carbocycles. The van der Waals surface area contributed by atoms with Crippen LogP contribution in [-0.2, 0) is 5.60 Å². The Kier molecular flexibility index (Phi) is 1.94. The summed E-state index contributed by atoms with van der Waals surface area (Å²) in [6.45, 7) is 0. The van der Waals surface area contributed by atoms with Gasteiger partial charge in [0.05, 0.1) is 0 Å². The molecule has 0 saturated heterocycles. The summed E-state index contributed by atoms with van der Waals surface area (Å²) in [5, 5.41) is 19.4. The smallest absolute Gasteiger partial charge is 0.135 e. The summed E-state index contributed by atoms with van der Waals surface area (Å²) in [5.41, 5.74) is 2.83. The largest absolute Gasteiger partial charge is 0.508 e. The quantitative estimate of drug-likeness (QED) is 0.756. The lowest BCUT2D eigenvalue weighted by Crippen LogP contribution is -2.42. The van der Waals surface area contributed by atoms with E-state index >= 15 is 0 Å². The lowest BCUT2D eigenvalue weighted by atomic mass is 9.71. The van der Waals surface area contributed by atoms with Crippen molar-refractivity contribution in [2.45, 2.75) is 24.9 Å². The number of ether oxygens (including phenoxy) is 1. The number of benzene rings is 2. The van der Waals surface area contributed by atoms with Gasteiger partial charge in [-0.15, -0.1) is 0 Å². The molecule has 1 aliphatic heterocycles. The number of phenols is 2. The molecule has 96 valence electrons. The van der Waals surface area contributed by atoms with E-state index in [2.05, 4.69) is 0 Å². The van der Waals surface area contributed by atoms with Crippen LogP contribution < -0.4 is 4.74 Å². The maximum absolute atomic E-state index is 9.74. The first-order chi connectivity index (χ1) is 9.18. The van der Waals surface area contributed by atoms with E-state index in [1.807, 2.05) is 18.2 Å². The number of aromatic hydroxyl groups is 2. The van der Waals surface area contributed by atoms with Crippen LogP contribution in [-0.4, -0.2) is 10.2 Å². The lowest BCUT2D eigenvalue weighted by Gasteiger charge is -2.46. The second-order valence-electron chi connectivity index (χ2n) is 5.36. The zero-order chi connectivity index (χ0) is 13.0. The second-order valence-corrected chi connectivity index (χ2v) is 5.36. The van der Waals surface area contributed by atoms with Crippen molar-refractivity contribution in [2.75, 3.05) is 0 Å². The Hall–Kier alpha value is -2.16. The van der Waals surface area contributed by atoms with Gasteiger partial charge in [0, 0.05) is 17.2 Å². The van der Waals surface area contributed by atoms with Crippen molar-refractivity contribution >= 4 is 0 Å². The standard InChI is InChI=1S/C16H14O3/c17-10-2-4-12-13-5-3-11(18)9-15(13)19-16(6-1-7-16)14(12)8-10/h2-5,8-9,17-18H,1,6-7H2. The summed E-state index contributed by atoms with van der Waals surface area (Å²) < 4.78 is 6.15. The summed E-state index contributed by atoms with van der Waals surface area (Å²) in [6.07, 6.45) is 3.04. The van der Waals surface area contributed by atoms with Gasteiger partial charge in [-0.3, -0.25) is 0 Å². The van der Waals surface area contributed by atoms with Gasteiger partial charge >= 0.3 is 0 Å². The Morgan fingerprint density at radius 2 is 1.58 bits per heavy atom. The molecule has 3 heteroatoms. The Balaban J connectivity index is 2.00. The van der Waals surface area contributed by atoms with Crippen molar-refractivity contribution in [1.29, 1.82) is 0 Å². The summed E-state index contributed by atoms with van der Waals surface area (Å²) >= 11 is 0. The minimum atomic E-state index is -0.311. The van der Waals surface area contributed by atoms with Crippen molar-refractivity contribution in [3.05, 3.63) is 42.0 Å². The molecule has 0 atom stereocenters. The van der Waals surface area contributed by atoms with Crippen LogP contribution in [0.3, 0.4) is 0 Å². The highest BCUT2D eigenvalue weighted by molar-refractivity contribution is 5.78. The predicted molar refractivity (Wildman–Crippen MR) is 71.4 cm³/mol. The Morgan fingerprint density at radius 3 is 2.26 bits per heavy atom. The van der Waals surface area contributed by atoms with E-state index in [0.717, 1.165) is 41.7 Å². The number of phenolic OH excluding ortho intramolecular Hbond substituents is 2. The summed E-state index contributed by atoms with van der Waals surface area (Å²) in [5.74, 6) is 1.23. The molecule has 19 heavy (non-hydrogen) atoms. The first-order valence-corrected chi connectivity index (χ1v) is 6.54. The van der Waals surface area contributed by atoms with Gasteiger partial charge in [0.1, 0.15) is 22.8 Å². The average Bonchev–Trinajstić information content (AvgIpc) is 2.35. The van der Waals surface area contributed by atoms with Gasteiger partial charge in [-0.25, -0.2) is 0 Å². The van der Waals surface area contributed by atoms with E-state index in [0.29, 0.717) is 0 Å². The molecule has 1 aliphatic carbocycles. The van der Waals surface area contributed by atoms with E-state index in [4.69, 9.17) is 4.74 Å². The fourth-order valence-corrected chi connectivity index (χ4v) is 3.10. The third-order valence-corrected chi connectivity index (χ3v) is 4.22. The molecule has 2 aromatic rings. The number of rotatable bonds is 0. The Bertz CT molecular complexity index is 672. The van der Waals surface area contributed by atoms with Crippen LogP contribution >= 0.6 is 0 Å². The Morgan fingerprint density at radius 1 is 0.895 bits per heavy atom. The molecular formula is C16H14O3. The van der Waals surface area contributed by atoms with Gasteiger partial charge < -0.3 is 14.9 Å². The van der Waals surface area contributed by atoms with Gasteiger partial charge in [-0.2, -0.15) is 0 Å². The molecule has 1 heterocycles. The van der Waals surface area contributed by atoms with Crippen molar-refractivity contribution in [3.8, 4) is 28.4 Å². The van der Waals surface area contributed by atoms with Crippen LogP contribution in [0.2, 0.25) is 0 Å². The molecule has 0 aromatic heterocycles. The fourth-order valence-electron chi connectivity index (χ4n) is 3.10.